The van der Waals surface area contributed by atoms with Crippen molar-refractivity contribution in [2.45, 2.75) is 19.3 Å². The fourth-order valence-corrected chi connectivity index (χ4v) is 1.88. The monoisotopic (exact) mass is 190 g/mol. The number of benzene rings is 1. The summed E-state index contributed by atoms with van der Waals surface area (Å²) in [6, 6.07) is 7.99. The van der Waals surface area contributed by atoms with E-state index in [0.29, 0.717) is 11.7 Å². The van der Waals surface area contributed by atoms with Crippen LogP contribution in [0.2, 0.25) is 0 Å². The van der Waals surface area contributed by atoms with Crippen molar-refractivity contribution >= 4 is 5.78 Å². The van der Waals surface area contributed by atoms with Gasteiger partial charge in [0.15, 0.2) is 0 Å². The predicted molar refractivity (Wildman–Crippen MR) is 54.5 cm³/mol. The van der Waals surface area contributed by atoms with E-state index in [-0.39, 0.29) is 5.92 Å². The number of ether oxygens (including phenoxy) is 1. The molecule has 1 aromatic carbocycles. The van der Waals surface area contributed by atoms with Gasteiger partial charge in [-0.1, -0.05) is 12.1 Å². The molecule has 14 heavy (non-hydrogen) atoms. The van der Waals surface area contributed by atoms with Crippen LogP contribution in [-0.4, -0.2) is 12.9 Å². The van der Waals surface area contributed by atoms with E-state index in [0.717, 1.165) is 12.2 Å². The van der Waals surface area contributed by atoms with Crippen molar-refractivity contribution in [1.29, 1.82) is 0 Å². The molecule has 1 aliphatic rings. The molecule has 0 aliphatic heterocycles. The molecule has 0 amide bonds. The summed E-state index contributed by atoms with van der Waals surface area (Å²) in [7, 11) is 1.66. The summed E-state index contributed by atoms with van der Waals surface area (Å²) in [6.07, 6.45) is 1.00. The van der Waals surface area contributed by atoms with Crippen LogP contribution < -0.4 is 4.74 Å². The number of Topliss-reactive ketones (excluding diaryl/α,β-unsaturated/α-hetero) is 1. The number of carbonyl (C=O) groups excluding carboxylic acids is 1. The highest BCUT2D eigenvalue weighted by molar-refractivity contribution is 5.82. The van der Waals surface area contributed by atoms with E-state index in [1.165, 1.54) is 5.56 Å². The van der Waals surface area contributed by atoms with Crippen molar-refractivity contribution in [3.63, 3.8) is 0 Å². The minimum atomic E-state index is 0.252. The van der Waals surface area contributed by atoms with Crippen LogP contribution in [0.25, 0.3) is 0 Å². The molecule has 0 saturated heterocycles. The van der Waals surface area contributed by atoms with Gasteiger partial charge in [0.1, 0.15) is 11.5 Å². The SMILES string of the molecule is COc1cccc([C@@H]2C[C@@H]2C(C)=O)c1. The lowest BCUT2D eigenvalue weighted by Crippen LogP contribution is -1.94. The summed E-state index contributed by atoms with van der Waals surface area (Å²) in [6.45, 7) is 1.67. The van der Waals surface area contributed by atoms with E-state index in [9.17, 15) is 4.79 Å². The van der Waals surface area contributed by atoms with E-state index < -0.39 is 0 Å². The number of hydrogen-bond acceptors (Lipinski definition) is 2. The van der Waals surface area contributed by atoms with Crippen LogP contribution in [0.15, 0.2) is 24.3 Å². The molecule has 1 fully saturated rings. The number of rotatable bonds is 3. The number of methoxy groups -OCH3 is 1. The van der Waals surface area contributed by atoms with E-state index in [4.69, 9.17) is 4.74 Å². The zero-order valence-electron chi connectivity index (χ0n) is 8.49. The van der Waals surface area contributed by atoms with Crippen molar-refractivity contribution in [1.82, 2.24) is 0 Å². The van der Waals surface area contributed by atoms with Crippen LogP contribution in [0.1, 0.15) is 24.8 Å². The Morgan fingerprint density at radius 2 is 2.29 bits per heavy atom. The number of hydrogen-bond donors (Lipinski definition) is 0. The maximum Gasteiger partial charge on any atom is 0.133 e. The van der Waals surface area contributed by atoms with Gasteiger partial charge in [0, 0.05) is 5.92 Å². The molecule has 0 bridgehead atoms. The van der Waals surface area contributed by atoms with E-state index in [2.05, 4.69) is 6.07 Å². The Morgan fingerprint density at radius 3 is 2.86 bits per heavy atom. The highest BCUT2D eigenvalue weighted by Gasteiger charge is 2.41. The third-order valence-corrected chi connectivity index (χ3v) is 2.83. The Labute approximate surface area is 83.9 Å². The molecule has 74 valence electrons. The lowest BCUT2D eigenvalue weighted by atomic mass is 10.1. The van der Waals surface area contributed by atoms with Gasteiger partial charge < -0.3 is 4.74 Å². The molecule has 0 spiro atoms. The first-order valence-corrected chi connectivity index (χ1v) is 4.87. The first-order chi connectivity index (χ1) is 6.72. The van der Waals surface area contributed by atoms with E-state index in [1.807, 2.05) is 18.2 Å². The lowest BCUT2D eigenvalue weighted by Gasteiger charge is -2.02. The van der Waals surface area contributed by atoms with Crippen molar-refractivity contribution < 1.29 is 9.53 Å². The summed E-state index contributed by atoms with van der Waals surface area (Å²) in [5, 5.41) is 0. The Balaban J connectivity index is 2.15. The zero-order chi connectivity index (χ0) is 10.1. The molecular weight excluding hydrogens is 176 g/mol. The molecule has 2 heteroatoms. The largest absolute Gasteiger partial charge is 0.497 e. The van der Waals surface area contributed by atoms with Gasteiger partial charge in [-0.3, -0.25) is 4.79 Å². The maximum atomic E-state index is 11.1. The standard InChI is InChI=1S/C12H14O2/c1-8(13)11-7-12(11)9-4-3-5-10(6-9)14-2/h3-6,11-12H,7H2,1-2H3/t11-,12+/m1/s1. The zero-order valence-corrected chi connectivity index (χ0v) is 8.49. The highest BCUT2D eigenvalue weighted by Crippen LogP contribution is 2.48. The number of ketones is 1. The van der Waals surface area contributed by atoms with E-state index in [1.54, 1.807) is 14.0 Å². The molecule has 2 atom stereocenters. The Bertz CT molecular complexity index is 357. The second-order valence-electron chi connectivity index (χ2n) is 3.84. The van der Waals surface area contributed by atoms with Gasteiger partial charge in [-0.25, -0.2) is 0 Å². The third-order valence-electron chi connectivity index (χ3n) is 2.83. The van der Waals surface area contributed by atoms with Crippen LogP contribution >= 0.6 is 0 Å². The van der Waals surface area contributed by atoms with Crippen LogP contribution in [0.3, 0.4) is 0 Å². The van der Waals surface area contributed by atoms with Crippen molar-refractivity contribution in [2.24, 2.45) is 5.92 Å². The van der Waals surface area contributed by atoms with Gasteiger partial charge in [-0.05, 0) is 37.0 Å². The quantitative estimate of drug-likeness (QED) is 0.731. The normalized spacial score (nSPS) is 24.4. The fourth-order valence-electron chi connectivity index (χ4n) is 1.88. The maximum absolute atomic E-state index is 11.1. The molecule has 0 N–H and O–H groups in total. The highest BCUT2D eigenvalue weighted by atomic mass is 16.5. The molecule has 2 nitrogen and oxygen atoms in total. The average Bonchev–Trinajstić information content (AvgIpc) is 2.97. The smallest absolute Gasteiger partial charge is 0.133 e. The van der Waals surface area contributed by atoms with Crippen molar-refractivity contribution in [3.8, 4) is 5.75 Å². The Morgan fingerprint density at radius 1 is 1.50 bits per heavy atom. The first-order valence-electron chi connectivity index (χ1n) is 4.87. The van der Waals surface area contributed by atoms with Crippen molar-refractivity contribution in [3.05, 3.63) is 29.8 Å². The minimum absolute atomic E-state index is 0.252. The summed E-state index contributed by atoms with van der Waals surface area (Å²) in [4.78, 5) is 11.1. The topological polar surface area (TPSA) is 26.3 Å². The average molecular weight is 190 g/mol. The molecule has 0 aromatic heterocycles. The molecular formula is C12H14O2. The Hall–Kier alpha value is -1.31. The predicted octanol–water partition coefficient (Wildman–Crippen LogP) is 2.39. The van der Waals surface area contributed by atoms with Gasteiger partial charge in [0.25, 0.3) is 0 Å². The van der Waals surface area contributed by atoms with Gasteiger partial charge >= 0.3 is 0 Å². The van der Waals surface area contributed by atoms with Crippen LogP contribution in [0.4, 0.5) is 0 Å². The van der Waals surface area contributed by atoms with Crippen LogP contribution in [0.5, 0.6) is 5.75 Å². The molecule has 1 saturated carbocycles. The molecule has 2 rings (SSSR count). The number of carbonyl (C=O) groups is 1. The fraction of sp³-hybridized carbons (Fsp3) is 0.417. The molecule has 1 aliphatic carbocycles. The van der Waals surface area contributed by atoms with Crippen molar-refractivity contribution in [2.75, 3.05) is 7.11 Å². The first kappa shape index (κ1) is 9.25. The summed E-state index contributed by atoms with van der Waals surface area (Å²) < 4.78 is 5.14. The second-order valence-corrected chi connectivity index (χ2v) is 3.84. The molecule has 0 radical (unpaired) electrons. The minimum Gasteiger partial charge on any atom is -0.497 e. The summed E-state index contributed by atoms with van der Waals surface area (Å²) >= 11 is 0. The summed E-state index contributed by atoms with van der Waals surface area (Å²) in [5.74, 6) is 1.86. The van der Waals surface area contributed by atoms with Crippen LogP contribution in [-0.2, 0) is 4.79 Å². The molecule has 0 unspecified atom stereocenters. The van der Waals surface area contributed by atoms with Gasteiger partial charge in [0.05, 0.1) is 7.11 Å². The van der Waals surface area contributed by atoms with Gasteiger partial charge in [-0.15, -0.1) is 0 Å². The molecule has 0 heterocycles. The van der Waals surface area contributed by atoms with Crippen LogP contribution in [0, 0.1) is 5.92 Å². The van der Waals surface area contributed by atoms with E-state index >= 15 is 0 Å². The Kier molecular flexibility index (Phi) is 2.28. The second kappa shape index (κ2) is 3.45. The summed E-state index contributed by atoms with van der Waals surface area (Å²) in [5.41, 5.74) is 1.23. The third kappa shape index (κ3) is 1.65. The van der Waals surface area contributed by atoms with Gasteiger partial charge in [-0.2, -0.15) is 0 Å². The van der Waals surface area contributed by atoms with Gasteiger partial charge in [0.2, 0.25) is 0 Å². The lowest BCUT2D eigenvalue weighted by molar-refractivity contribution is -0.118. The molecule has 1 aromatic rings.